The Morgan fingerprint density at radius 2 is 1.82 bits per heavy atom. The SMILES string of the molecule is C=CCC(C)NCc1ccc(C(C)(C)C)cc1. The first-order valence-corrected chi connectivity index (χ1v) is 6.37. The highest BCUT2D eigenvalue weighted by molar-refractivity contribution is 5.27. The second kappa shape index (κ2) is 6.02. The molecule has 1 aromatic carbocycles. The lowest BCUT2D eigenvalue weighted by atomic mass is 9.87. The van der Waals surface area contributed by atoms with Crippen molar-refractivity contribution in [3.8, 4) is 0 Å². The van der Waals surface area contributed by atoms with Crippen LogP contribution in [-0.2, 0) is 12.0 Å². The van der Waals surface area contributed by atoms with Gasteiger partial charge in [0.25, 0.3) is 0 Å². The molecule has 0 aliphatic rings. The molecule has 1 heteroatoms. The molecule has 0 heterocycles. The van der Waals surface area contributed by atoms with Gasteiger partial charge in [0.15, 0.2) is 0 Å². The van der Waals surface area contributed by atoms with E-state index in [2.05, 4.69) is 63.9 Å². The van der Waals surface area contributed by atoms with Gasteiger partial charge in [-0.1, -0.05) is 51.1 Å². The lowest BCUT2D eigenvalue weighted by Gasteiger charge is -2.19. The molecule has 94 valence electrons. The zero-order valence-electron chi connectivity index (χ0n) is 11.6. The van der Waals surface area contributed by atoms with Crippen LogP contribution in [0.2, 0.25) is 0 Å². The van der Waals surface area contributed by atoms with Crippen molar-refractivity contribution in [1.82, 2.24) is 5.32 Å². The summed E-state index contributed by atoms with van der Waals surface area (Å²) in [7, 11) is 0. The number of hydrogen-bond donors (Lipinski definition) is 1. The summed E-state index contributed by atoms with van der Waals surface area (Å²) in [5.74, 6) is 0. The molecule has 0 radical (unpaired) electrons. The van der Waals surface area contributed by atoms with Crippen LogP contribution in [0.5, 0.6) is 0 Å². The molecule has 0 fully saturated rings. The molecule has 0 spiro atoms. The van der Waals surface area contributed by atoms with Crippen LogP contribution >= 0.6 is 0 Å². The number of nitrogens with one attached hydrogen (secondary N) is 1. The van der Waals surface area contributed by atoms with Crippen LogP contribution in [0.1, 0.15) is 45.2 Å². The lowest BCUT2D eigenvalue weighted by molar-refractivity contribution is 0.552. The lowest BCUT2D eigenvalue weighted by Crippen LogP contribution is -2.24. The highest BCUT2D eigenvalue weighted by Crippen LogP contribution is 2.22. The second-order valence-corrected chi connectivity index (χ2v) is 5.75. The summed E-state index contributed by atoms with van der Waals surface area (Å²) in [6, 6.07) is 9.39. The highest BCUT2D eigenvalue weighted by atomic mass is 14.9. The van der Waals surface area contributed by atoms with E-state index < -0.39 is 0 Å². The third kappa shape index (κ3) is 4.74. The zero-order chi connectivity index (χ0) is 12.9. The molecule has 17 heavy (non-hydrogen) atoms. The summed E-state index contributed by atoms with van der Waals surface area (Å²) < 4.78 is 0. The minimum Gasteiger partial charge on any atom is -0.310 e. The summed E-state index contributed by atoms with van der Waals surface area (Å²) in [5, 5.41) is 3.49. The fourth-order valence-corrected chi connectivity index (χ4v) is 1.75. The van der Waals surface area contributed by atoms with Crippen LogP contribution in [0, 0.1) is 0 Å². The van der Waals surface area contributed by atoms with Crippen LogP contribution in [0.15, 0.2) is 36.9 Å². The van der Waals surface area contributed by atoms with E-state index in [-0.39, 0.29) is 5.41 Å². The normalized spacial score (nSPS) is 13.4. The van der Waals surface area contributed by atoms with Crippen LogP contribution in [0.4, 0.5) is 0 Å². The quantitative estimate of drug-likeness (QED) is 0.754. The smallest absolute Gasteiger partial charge is 0.0208 e. The maximum absolute atomic E-state index is 3.75. The van der Waals surface area contributed by atoms with Gasteiger partial charge in [0.05, 0.1) is 0 Å². The van der Waals surface area contributed by atoms with Gasteiger partial charge < -0.3 is 5.32 Å². The molecule has 0 saturated carbocycles. The van der Waals surface area contributed by atoms with E-state index in [9.17, 15) is 0 Å². The summed E-state index contributed by atoms with van der Waals surface area (Å²) in [5.41, 5.74) is 2.97. The Hall–Kier alpha value is -1.08. The fourth-order valence-electron chi connectivity index (χ4n) is 1.75. The van der Waals surface area contributed by atoms with Crippen molar-refractivity contribution >= 4 is 0 Å². The van der Waals surface area contributed by atoms with Gasteiger partial charge in [0.1, 0.15) is 0 Å². The van der Waals surface area contributed by atoms with Crippen molar-refractivity contribution in [2.45, 2.75) is 52.1 Å². The van der Waals surface area contributed by atoms with Crippen molar-refractivity contribution in [3.05, 3.63) is 48.0 Å². The fraction of sp³-hybridized carbons (Fsp3) is 0.500. The predicted molar refractivity (Wildman–Crippen MR) is 76.3 cm³/mol. The van der Waals surface area contributed by atoms with Crippen LogP contribution in [0.3, 0.4) is 0 Å². The van der Waals surface area contributed by atoms with Gasteiger partial charge in [-0.2, -0.15) is 0 Å². The Bertz CT molecular complexity index is 343. The molecule has 0 amide bonds. The van der Waals surface area contributed by atoms with Crippen LogP contribution < -0.4 is 5.32 Å². The van der Waals surface area contributed by atoms with E-state index in [0.29, 0.717) is 6.04 Å². The van der Waals surface area contributed by atoms with Crippen LogP contribution in [0.25, 0.3) is 0 Å². The van der Waals surface area contributed by atoms with Gasteiger partial charge >= 0.3 is 0 Å². The van der Waals surface area contributed by atoms with E-state index in [4.69, 9.17) is 0 Å². The average Bonchev–Trinajstić information content (AvgIpc) is 2.26. The minimum absolute atomic E-state index is 0.238. The molecule has 0 aromatic heterocycles. The first-order valence-electron chi connectivity index (χ1n) is 6.37. The maximum atomic E-state index is 3.75. The Morgan fingerprint density at radius 1 is 1.24 bits per heavy atom. The molecule has 0 bridgehead atoms. The Labute approximate surface area is 106 Å². The summed E-state index contributed by atoms with van der Waals surface area (Å²) in [6.07, 6.45) is 2.97. The Kier molecular flexibility index (Phi) is 4.95. The van der Waals surface area contributed by atoms with Gasteiger partial charge in [0.2, 0.25) is 0 Å². The molecule has 1 atom stereocenters. The largest absolute Gasteiger partial charge is 0.310 e. The third-order valence-corrected chi connectivity index (χ3v) is 2.99. The first kappa shape index (κ1) is 14.0. The molecule has 0 aliphatic heterocycles. The molecule has 1 nitrogen and oxygen atoms in total. The van der Waals surface area contributed by atoms with Crippen molar-refractivity contribution in [3.63, 3.8) is 0 Å². The molecule has 1 aromatic rings. The highest BCUT2D eigenvalue weighted by Gasteiger charge is 2.12. The molecule has 1 rings (SSSR count). The molecule has 0 aliphatic carbocycles. The van der Waals surface area contributed by atoms with E-state index in [1.54, 1.807) is 0 Å². The van der Waals surface area contributed by atoms with Crippen molar-refractivity contribution in [1.29, 1.82) is 0 Å². The molecule has 0 saturated heterocycles. The molecular formula is C16H25N. The van der Waals surface area contributed by atoms with E-state index in [1.165, 1.54) is 11.1 Å². The van der Waals surface area contributed by atoms with Gasteiger partial charge in [-0.25, -0.2) is 0 Å². The molecule has 1 unspecified atom stereocenters. The monoisotopic (exact) mass is 231 g/mol. The zero-order valence-corrected chi connectivity index (χ0v) is 11.6. The summed E-state index contributed by atoms with van der Waals surface area (Å²) in [4.78, 5) is 0. The van der Waals surface area contributed by atoms with Crippen molar-refractivity contribution in [2.75, 3.05) is 0 Å². The number of benzene rings is 1. The van der Waals surface area contributed by atoms with Crippen LogP contribution in [-0.4, -0.2) is 6.04 Å². The number of rotatable bonds is 5. The van der Waals surface area contributed by atoms with E-state index in [1.807, 2.05) is 6.08 Å². The van der Waals surface area contributed by atoms with Crippen molar-refractivity contribution < 1.29 is 0 Å². The predicted octanol–water partition coefficient (Wildman–Crippen LogP) is 4.04. The first-order chi connectivity index (χ1) is 7.93. The van der Waals surface area contributed by atoms with Gasteiger partial charge in [-0.3, -0.25) is 0 Å². The van der Waals surface area contributed by atoms with Crippen molar-refractivity contribution in [2.24, 2.45) is 0 Å². The van der Waals surface area contributed by atoms with Gasteiger partial charge in [-0.15, -0.1) is 6.58 Å². The summed E-state index contributed by atoms with van der Waals surface area (Å²) in [6.45, 7) is 13.6. The average molecular weight is 231 g/mol. The van der Waals surface area contributed by atoms with E-state index >= 15 is 0 Å². The second-order valence-electron chi connectivity index (χ2n) is 5.75. The minimum atomic E-state index is 0.238. The third-order valence-electron chi connectivity index (χ3n) is 2.99. The standard InChI is InChI=1S/C16H25N/c1-6-7-13(2)17-12-14-8-10-15(11-9-14)16(3,4)5/h6,8-11,13,17H,1,7,12H2,2-5H3. The van der Waals surface area contributed by atoms with Gasteiger partial charge in [-0.05, 0) is 29.9 Å². The van der Waals surface area contributed by atoms with Gasteiger partial charge in [0, 0.05) is 12.6 Å². The molecular weight excluding hydrogens is 206 g/mol. The Morgan fingerprint density at radius 3 is 2.29 bits per heavy atom. The number of hydrogen-bond acceptors (Lipinski definition) is 1. The van der Waals surface area contributed by atoms with E-state index in [0.717, 1.165) is 13.0 Å². The summed E-state index contributed by atoms with van der Waals surface area (Å²) >= 11 is 0. The Balaban J connectivity index is 2.54. The maximum Gasteiger partial charge on any atom is 0.0208 e. The topological polar surface area (TPSA) is 12.0 Å². The molecule has 1 N–H and O–H groups in total.